The predicted molar refractivity (Wildman–Crippen MR) is 106 cm³/mol. The maximum Gasteiger partial charge on any atom is 0.211 e. The van der Waals surface area contributed by atoms with Crippen molar-refractivity contribution in [2.45, 2.75) is 25.7 Å². The number of pyridine rings is 1. The monoisotopic (exact) mass is 405 g/mol. The number of hydrogen-bond donors (Lipinski definition) is 2. The van der Waals surface area contributed by atoms with Gasteiger partial charge in [0.15, 0.2) is 0 Å². The molecule has 1 aliphatic carbocycles. The number of aryl methyl sites for hydroxylation is 1. The number of nitrogens with zero attached hydrogens (tertiary/aromatic N) is 3. The van der Waals surface area contributed by atoms with Gasteiger partial charge in [0, 0.05) is 11.8 Å². The molecule has 1 aliphatic rings. The van der Waals surface area contributed by atoms with Crippen LogP contribution in [0, 0.1) is 6.92 Å². The second-order valence-electron chi connectivity index (χ2n) is 5.28. The fraction of sp³-hybridized carbons (Fsp3) is 0.267. The van der Waals surface area contributed by atoms with E-state index in [1.165, 1.54) is 11.3 Å². The number of nitrogens with two attached hydrogens (primary N) is 2. The van der Waals surface area contributed by atoms with E-state index in [2.05, 4.69) is 21.3 Å². The molecule has 0 fully saturated rings. The van der Waals surface area contributed by atoms with Gasteiger partial charge in [-0.1, -0.05) is 11.6 Å². The van der Waals surface area contributed by atoms with E-state index < -0.39 is 0 Å². The van der Waals surface area contributed by atoms with Crippen LogP contribution in [0.1, 0.15) is 34.7 Å². The first kappa shape index (κ1) is 20.7. The Morgan fingerprint density at radius 1 is 1.29 bits per heavy atom. The van der Waals surface area contributed by atoms with Crippen molar-refractivity contribution < 1.29 is 0 Å². The summed E-state index contributed by atoms with van der Waals surface area (Å²) in [5.74, 6) is 0.194. The van der Waals surface area contributed by atoms with Crippen molar-refractivity contribution in [3.05, 3.63) is 50.4 Å². The maximum absolute atomic E-state index is 6.30. The number of aromatic nitrogens is 1. The molecular formula is C15H18Cl3N5S. The average Bonchev–Trinajstić information content (AvgIpc) is 2.90. The van der Waals surface area contributed by atoms with Gasteiger partial charge in [-0.2, -0.15) is 5.10 Å². The minimum absolute atomic E-state index is 0. The number of halogens is 3. The van der Waals surface area contributed by atoms with E-state index in [9.17, 15) is 0 Å². The summed E-state index contributed by atoms with van der Waals surface area (Å²) in [4.78, 5) is 4.52. The van der Waals surface area contributed by atoms with Crippen LogP contribution < -0.4 is 11.5 Å². The number of fused-ring (bicyclic) bond motifs is 1. The molecule has 24 heavy (non-hydrogen) atoms. The lowest BCUT2D eigenvalue weighted by Gasteiger charge is -2.25. The molecule has 1 atom stereocenters. The number of thiophene rings is 1. The molecule has 0 saturated carbocycles. The Hall–Kier alpha value is -1.34. The smallest absolute Gasteiger partial charge is 0.211 e. The van der Waals surface area contributed by atoms with Gasteiger partial charge in [-0.25, -0.2) is 0 Å². The van der Waals surface area contributed by atoms with Gasteiger partial charge in [-0.15, -0.1) is 41.3 Å². The molecule has 3 rings (SSSR count). The quantitative estimate of drug-likeness (QED) is 0.453. The summed E-state index contributed by atoms with van der Waals surface area (Å²) >= 11 is 7.84. The fourth-order valence-electron chi connectivity index (χ4n) is 2.83. The summed E-state index contributed by atoms with van der Waals surface area (Å²) in [6, 6.07) is 4.04. The second-order valence-corrected chi connectivity index (χ2v) is 6.79. The first-order valence-corrected chi connectivity index (χ1v) is 8.15. The van der Waals surface area contributed by atoms with Crippen LogP contribution in [-0.2, 0) is 6.42 Å². The molecule has 0 spiro atoms. The van der Waals surface area contributed by atoms with Crippen LogP contribution in [0.15, 0.2) is 33.9 Å². The van der Waals surface area contributed by atoms with E-state index in [1.807, 2.05) is 24.6 Å². The molecule has 130 valence electrons. The lowest BCUT2D eigenvalue weighted by molar-refractivity contribution is 0.680. The average molecular weight is 407 g/mol. The normalized spacial score (nSPS) is 17.4. The standard InChI is InChI=1S/C15H16ClN5S.2ClH/c1-8-2-4-19-11-6-9(10-3-5-22-14(10)16)7-12(13(8)11)20-21-15(17)18;;/h2-5,9H,6-7H2,1H3,(H4,17,18,21);2*1H/b20-12+;;. The number of hydrogen-bond acceptors (Lipinski definition) is 4. The van der Waals surface area contributed by atoms with Crippen molar-refractivity contribution in [1.29, 1.82) is 0 Å². The largest absolute Gasteiger partial charge is 0.369 e. The molecule has 0 saturated heterocycles. The lowest BCUT2D eigenvalue weighted by atomic mass is 9.81. The molecule has 0 aromatic carbocycles. The Labute approximate surface area is 162 Å². The van der Waals surface area contributed by atoms with Gasteiger partial charge in [0.25, 0.3) is 0 Å². The third-order valence-corrected chi connectivity index (χ3v) is 4.98. The molecule has 2 heterocycles. The third kappa shape index (κ3) is 4.19. The highest BCUT2D eigenvalue weighted by molar-refractivity contribution is 7.14. The Morgan fingerprint density at radius 3 is 2.67 bits per heavy atom. The molecule has 0 amide bonds. The van der Waals surface area contributed by atoms with Crippen molar-refractivity contribution in [2.24, 2.45) is 21.7 Å². The van der Waals surface area contributed by atoms with E-state index in [-0.39, 0.29) is 36.7 Å². The highest BCUT2D eigenvalue weighted by Gasteiger charge is 2.28. The molecule has 9 heteroatoms. The lowest BCUT2D eigenvalue weighted by Crippen LogP contribution is -2.24. The van der Waals surface area contributed by atoms with E-state index in [0.717, 1.165) is 45.3 Å². The molecule has 2 aromatic rings. The molecular weight excluding hydrogens is 389 g/mol. The Bertz CT molecular complexity index is 768. The molecule has 0 bridgehead atoms. The van der Waals surface area contributed by atoms with Crippen molar-refractivity contribution in [2.75, 3.05) is 0 Å². The van der Waals surface area contributed by atoms with Crippen LogP contribution >= 0.6 is 47.8 Å². The van der Waals surface area contributed by atoms with Crippen LogP contribution in [0.2, 0.25) is 4.34 Å². The van der Waals surface area contributed by atoms with Crippen molar-refractivity contribution in [1.82, 2.24) is 4.98 Å². The van der Waals surface area contributed by atoms with Gasteiger partial charge in [0.1, 0.15) is 0 Å². The number of guanidine groups is 1. The second kappa shape index (κ2) is 8.67. The zero-order valence-electron chi connectivity index (χ0n) is 12.9. The number of rotatable bonds is 2. The Kier molecular flexibility index (Phi) is 7.48. The molecule has 0 aliphatic heterocycles. The van der Waals surface area contributed by atoms with Gasteiger partial charge in [-0.3, -0.25) is 4.98 Å². The van der Waals surface area contributed by atoms with E-state index in [1.54, 1.807) is 0 Å². The van der Waals surface area contributed by atoms with Crippen LogP contribution in [0.3, 0.4) is 0 Å². The molecule has 1 unspecified atom stereocenters. The van der Waals surface area contributed by atoms with E-state index in [4.69, 9.17) is 23.1 Å². The van der Waals surface area contributed by atoms with Crippen LogP contribution in [0.4, 0.5) is 0 Å². The zero-order chi connectivity index (χ0) is 15.7. The summed E-state index contributed by atoms with van der Waals surface area (Å²) in [5.41, 5.74) is 16.0. The van der Waals surface area contributed by atoms with Crippen molar-refractivity contribution in [3.8, 4) is 0 Å². The third-order valence-electron chi connectivity index (χ3n) is 3.78. The van der Waals surface area contributed by atoms with Crippen molar-refractivity contribution >= 4 is 59.4 Å². The Morgan fingerprint density at radius 2 is 2.04 bits per heavy atom. The molecule has 5 nitrogen and oxygen atoms in total. The maximum atomic E-state index is 6.30. The van der Waals surface area contributed by atoms with Crippen LogP contribution in [0.5, 0.6) is 0 Å². The first-order valence-electron chi connectivity index (χ1n) is 6.89. The van der Waals surface area contributed by atoms with E-state index in [0.29, 0.717) is 0 Å². The van der Waals surface area contributed by atoms with Gasteiger partial charge in [0.05, 0.1) is 15.7 Å². The first-order chi connectivity index (χ1) is 10.6. The minimum atomic E-state index is -0.0497. The van der Waals surface area contributed by atoms with Crippen molar-refractivity contribution in [3.63, 3.8) is 0 Å². The fourth-order valence-corrected chi connectivity index (χ4v) is 3.91. The predicted octanol–water partition coefficient (Wildman–Crippen LogP) is 3.66. The highest BCUT2D eigenvalue weighted by atomic mass is 35.5. The SMILES string of the molecule is Cc1ccnc2c1/C(=N/N=C(N)N)CC(c1ccsc1Cl)C2.Cl.Cl. The van der Waals surface area contributed by atoms with Gasteiger partial charge >= 0.3 is 0 Å². The summed E-state index contributed by atoms with van der Waals surface area (Å²) in [5, 5.41) is 10.1. The molecule has 2 aromatic heterocycles. The minimum Gasteiger partial charge on any atom is -0.369 e. The summed E-state index contributed by atoms with van der Waals surface area (Å²) in [7, 11) is 0. The Balaban J connectivity index is 0.00000144. The zero-order valence-corrected chi connectivity index (χ0v) is 16.1. The summed E-state index contributed by atoms with van der Waals surface area (Å²) in [6.45, 7) is 2.05. The van der Waals surface area contributed by atoms with Gasteiger partial charge in [-0.05, 0) is 54.3 Å². The van der Waals surface area contributed by atoms with E-state index >= 15 is 0 Å². The topological polar surface area (TPSA) is 89.6 Å². The highest BCUT2D eigenvalue weighted by Crippen LogP contribution is 2.38. The summed E-state index contributed by atoms with van der Waals surface area (Å²) < 4.78 is 0.822. The summed E-state index contributed by atoms with van der Waals surface area (Å²) in [6.07, 6.45) is 3.41. The van der Waals surface area contributed by atoms with Gasteiger partial charge < -0.3 is 11.5 Å². The van der Waals surface area contributed by atoms with Crippen LogP contribution in [-0.4, -0.2) is 16.7 Å². The molecule has 0 radical (unpaired) electrons. The molecule has 4 N–H and O–H groups in total. The van der Waals surface area contributed by atoms with Crippen LogP contribution in [0.25, 0.3) is 0 Å². The van der Waals surface area contributed by atoms with Gasteiger partial charge in [0.2, 0.25) is 5.96 Å².